The molecule has 4 atom stereocenters. The minimum atomic E-state index is -2.12. The Morgan fingerprint density at radius 3 is 2.39 bits per heavy atom. The van der Waals surface area contributed by atoms with Crippen molar-refractivity contribution < 1.29 is 24.2 Å². The van der Waals surface area contributed by atoms with E-state index in [0.29, 0.717) is 11.3 Å². The number of Topliss-reactive ketones (excluding diaryl/α,β-unsaturated/α-hetero) is 1. The summed E-state index contributed by atoms with van der Waals surface area (Å²) in [5, 5.41) is 21.1. The molecule has 3 aliphatic rings. The van der Waals surface area contributed by atoms with Gasteiger partial charge >= 0.3 is 0 Å². The van der Waals surface area contributed by atoms with Crippen molar-refractivity contribution >= 4 is 14.1 Å². The maximum Gasteiger partial charge on any atom is 0.194 e. The lowest BCUT2D eigenvalue weighted by Gasteiger charge is -2.45. The number of hydrogen-bond donors (Lipinski definition) is 2. The molecule has 0 radical (unpaired) electrons. The second-order valence-corrected chi connectivity index (χ2v) is 15.7. The van der Waals surface area contributed by atoms with Crippen molar-refractivity contribution in [2.24, 2.45) is 5.92 Å². The summed E-state index contributed by atoms with van der Waals surface area (Å²) in [5.41, 5.74) is -0.0576. The van der Waals surface area contributed by atoms with Gasteiger partial charge in [0.1, 0.15) is 23.6 Å². The average Bonchev–Trinajstić information content (AvgIpc) is 2.86. The maximum absolute atomic E-state index is 12.8. The third-order valence-electron chi connectivity index (χ3n) is 7.19. The predicted octanol–water partition coefficient (Wildman–Crippen LogP) is 3.86. The number of aliphatic hydroxyl groups excluding tert-OH is 1. The van der Waals surface area contributed by atoms with Crippen LogP contribution in [0.5, 0.6) is 0 Å². The van der Waals surface area contributed by atoms with Gasteiger partial charge in [-0.1, -0.05) is 20.8 Å². The molecular weight excluding hydrogens is 372 g/mol. The largest absolute Gasteiger partial charge is 0.484 e. The lowest BCUT2D eigenvalue weighted by molar-refractivity contribution is -0.127. The molecule has 1 saturated carbocycles. The molecule has 0 aromatic rings. The summed E-state index contributed by atoms with van der Waals surface area (Å²) in [6.07, 6.45) is 2.20. The van der Waals surface area contributed by atoms with Crippen LogP contribution in [0.1, 0.15) is 60.8 Å². The molecular formula is C22H36O5Si. The molecule has 3 rings (SSSR count). The Balaban J connectivity index is 2.04. The van der Waals surface area contributed by atoms with Gasteiger partial charge in [0.15, 0.2) is 14.1 Å². The molecule has 1 fully saturated rings. The Hall–Kier alpha value is -0.953. The average molecular weight is 409 g/mol. The van der Waals surface area contributed by atoms with Crippen LogP contribution in [-0.4, -0.2) is 47.7 Å². The molecule has 0 aromatic carbocycles. The van der Waals surface area contributed by atoms with Gasteiger partial charge in [0.2, 0.25) is 0 Å². The third kappa shape index (κ3) is 3.53. The molecule has 6 heteroatoms. The molecule has 5 nitrogen and oxygen atoms in total. The van der Waals surface area contributed by atoms with Gasteiger partial charge in [-0.05, 0) is 63.4 Å². The fraction of sp³-hybridized carbons (Fsp3) is 0.773. The quantitative estimate of drug-likeness (QED) is 0.694. The molecule has 0 spiro atoms. The lowest BCUT2D eigenvalue weighted by Crippen LogP contribution is -2.50. The predicted molar refractivity (Wildman–Crippen MR) is 111 cm³/mol. The van der Waals surface area contributed by atoms with E-state index in [1.54, 1.807) is 13.8 Å². The second-order valence-electron chi connectivity index (χ2n) is 10.9. The van der Waals surface area contributed by atoms with Gasteiger partial charge in [-0.3, -0.25) is 4.79 Å². The van der Waals surface area contributed by atoms with Crippen molar-refractivity contribution in [2.45, 2.75) is 102 Å². The van der Waals surface area contributed by atoms with Gasteiger partial charge in [-0.25, -0.2) is 0 Å². The topological polar surface area (TPSA) is 76.0 Å². The number of aliphatic hydroxyl groups is 2. The maximum atomic E-state index is 12.8. The van der Waals surface area contributed by atoms with Crippen LogP contribution < -0.4 is 0 Å². The lowest BCUT2D eigenvalue weighted by atomic mass is 9.79. The standard InChI is InChI=1S/C22H36O5Si/c1-20(2,3)28(7,8)27-17-12-16(23)18(24)13-11-15-14(21(4,5)25)9-10-22(15,6)26-19(13)17/h11,14,16-17,23,25H,9-10,12H2,1-8H3/t14-,16+,17+,22?/m0/s1. The van der Waals surface area contributed by atoms with Crippen LogP contribution in [0.2, 0.25) is 18.1 Å². The fourth-order valence-corrected chi connectivity index (χ4v) is 5.64. The van der Waals surface area contributed by atoms with E-state index in [-0.39, 0.29) is 23.2 Å². The molecule has 0 saturated heterocycles. The van der Waals surface area contributed by atoms with Crippen LogP contribution in [-0.2, 0) is 14.0 Å². The van der Waals surface area contributed by atoms with Gasteiger partial charge in [0.25, 0.3) is 0 Å². The second kappa shape index (κ2) is 6.52. The Bertz CT molecular complexity index is 737. The van der Waals surface area contributed by atoms with Crippen LogP contribution in [0.25, 0.3) is 0 Å². The molecule has 1 unspecified atom stereocenters. The molecule has 2 aliphatic carbocycles. The Labute approximate surface area is 169 Å². The van der Waals surface area contributed by atoms with Gasteiger partial charge < -0.3 is 19.4 Å². The van der Waals surface area contributed by atoms with E-state index in [1.165, 1.54) is 0 Å². The van der Waals surface area contributed by atoms with E-state index < -0.39 is 31.7 Å². The summed E-state index contributed by atoms with van der Waals surface area (Å²) in [5.74, 6) is 0.196. The van der Waals surface area contributed by atoms with Crippen LogP contribution >= 0.6 is 0 Å². The number of hydrogen-bond acceptors (Lipinski definition) is 5. The molecule has 1 heterocycles. The molecule has 0 amide bonds. The zero-order valence-electron chi connectivity index (χ0n) is 18.5. The van der Waals surface area contributed by atoms with Crippen molar-refractivity contribution in [3.05, 3.63) is 23.0 Å². The first-order chi connectivity index (χ1) is 12.6. The van der Waals surface area contributed by atoms with E-state index in [0.717, 1.165) is 18.4 Å². The summed E-state index contributed by atoms with van der Waals surface area (Å²) < 4.78 is 13.1. The number of carbonyl (C=O) groups is 1. The highest BCUT2D eigenvalue weighted by molar-refractivity contribution is 6.74. The Morgan fingerprint density at radius 2 is 1.86 bits per heavy atom. The first-order valence-corrected chi connectivity index (χ1v) is 13.3. The van der Waals surface area contributed by atoms with Crippen LogP contribution in [0.4, 0.5) is 0 Å². The van der Waals surface area contributed by atoms with E-state index in [9.17, 15) is 15.0 Å². The number of rotatable bonds is 3. The van der Waals surface area contributed by atoms with Crippen molar-refractivity contribution in [1.29, 1.82) is 0 Å². The highest BCUT2D eigenvalue weighted by atomic mass is 28.4. The molecule has 1 aliphatic heterocycles. The summed E-state index contributed by atoms with van der Waals surface area (Å²) in [6.45, 7) is 16.5. The Morgan fingerprint density at radius 1 is 1.25 bits per heavy atom. The van der Waals surface area contributed by atoms with Gasteiger partial charge in [0, 0.05) is 12.3 Å². The number of allylic oxidation sites excluding steroid dienone is 1. The number of fused-ring (bicyclic) bond motifs is 1. The molecule has 0 bridgehead atoms. The minimum Gasteiger partial charge on any atom is -0.484 e. The van der Waals surface area contributed by atoms with E-state index in [4.69, 9.17) is 9.16 Å². The number of carbonyl (C=O) groups excluding carboxylic acids is 1. The van der Waals surface area contributed by atoms with Crippen molar-refractivity contribution in [3.63, 3.8) is 0 Å². The van der Waals surface area contributed by atoms with Crippen LogP contribution in [0.3, 0.4) is 0 Å². The van der Waals surface area contributed by atoms with Crippen LogP contribution in [0.15, 0.2) is 23.0 Å². The normalized spacial score (nSPS) is 34.0. The minimum absolute atomic E-state index is 0.0130. The number of ether oxygens (including phenoxy) is 1. The number of ketones is 1. The first-order valence-electron chi connectivity index (χ1n) is 10.3. The highest BCUT2D eigenvalue weighted by Crippen LogP contribution is 2.52. The summed E-state index contributed by atoms with van der Waals surface area (Å²) in [7, 11) is -2.12. The molecule has 28 heavy (non-hydrogen) atoms. The SMILES string of the molecule is CC12CC[C@H](C(C)(C)O)C1=CC1=C(O2)[C@H](O[Si](C)(C)C(C)(C)C)C[C@@H](O)C1=O. The monoisotopic (exact) mass is 408 g/mol. The van der Waals surface area contributed by atoms with Gasteiger partial charge in [-0.2, -0.15) is 0 Å². The zero-order valence-corrected chi connectivity index (χ0v) is 19.5. The smallest absolute Gasteiger partial charge is 0.194 e. The van der Waals surface area contributed by atoms with Crippen molar-refractivity contribution in [3.8, 4) is 0 Å². The van der Waals surface area contributed by atoms with E-state index >= 15 is 0 Å². The Kier molecular flexibility index (Phi) is 5.07. The first kappa shape index (κ1) is 21.7. The van der Waals surface area contributed by atoms with Crippen molar-refractivity contribution in [2.75, 3.05) is 0 Å². The fourth-order valence-electron chi connectivity index (χ4n) is 4.37. The van der Waals surface area contributed by atoms with E-state index in [1.807, 2.05) is 13.0 Å². The summed E-state index contributed by atoms with van der Waals surface area (Å²) >= 11 is 0. The van der Waals surface area contributed by atoms with Crippen LogP contribution in [0, 0.1) is 5.92 Å². The molecule has 0 aromatic heterocycles. The van der Waals surface area contributed by atoms with Gasteiger partial charge in [0.05, 0.1) is 11.2 Å². The third-order valence-corrected chi connectivity index (χ3v) is 11.7. The summed E-state index contributed by atoms with van der Waals surface area (Å²) in [6, 6.07) is 0. The zero-order chi connectivity index (χ0) is 21.3. The molecule has 158 valence electrons. The summed E-state index contributed by atoms with van der Waals surface area (Å²) in [4.78, 5) is 12.8. The molecule has 2 N–H and O–H groups in total. The van der Waals surface area contributed by atoms with E-state index in [2.05, 4.69) is 33.9 Å². The van der Waals surface area contributed by atoms with Gasteiger partial charge in [-0.15, -0.1) is 0 Å². The van der Waals surface area contributed by atoms with Crippen molar-refractivity contribution in [1.82, 2.24) is 0 Å². The highest BCUT2D eigenvalue weighted by Gasteiger charge is 2.53.